The van der Waals surface area contributed by atoms with Crippen LogP contribution in [0.2, 0.25) is 0 Å². The van der Waals surface area contributed by atoms with Gasteiger partial charge < -0.3 is 15.0 Å². The number of urea groups is 1. The van der Waals surface area contributed by atoms with Crippen molar-refractivity contribution in [2.45, 2.75) is 50.8 Å². The van der Waals surface area contributed by atoms with Gasteiger partial charge in [0.2, 0.25) is 0 Å². The highest BCUT2D eigenvalue weighted by Crippen LogP contribution is 2.34. The van der Waals surface area contributed by atoms with Gasteiger partial charge in [-0.25, -0.2) is 4.79 Å². The summed E-state index contributed by atoms with van der Waals surface area (Å²) in [4.78, 5) is 51.7. The zero-order chi connectivity index (χ0) is 20.3. The first kappa shape index (κ1) is 19.9. The van der Waals surface area contributed by atoms with Crippen molar-refractivity contribution in [3.63, 3.8) is 0 Å². The van der Waals surface area contributed by atoms with Gasteiger partial charge in [-0.1, -0.05) is 43.2 Å². The number of esters is 1. The maximum absolute atomic E-state index is 12.6. The minimum absolute atomic E-state index is 0.360. The van der Waals surface area contributed by atoms with Crippen LogP contribution >= 0.6 is 0 Å². The van der Waals surface area contributed by atoms with Crippen LogP contribution in [0.1, 0.15) is 38.2 Å². The third kappa shape index (κ3) is 4.00. The summed E-state index contributed by atoms with van der Waals surface area (Å²) >= 11 is 0. The maximum Gasteiger partial charge on any atom is 0.327 e. The lowest BCUT2D eigenvalue weighted by molar-refractivity contribution is -0.160. The van der Waals surface area contributed by atoms with Gasteiger partial charge in [-0.2, -0.15) is 0 Å². The molecule has 1 spiro atoms. The largest absolute Gasteiger partial charge is 0.451 e. The zero-order valence-corrected chi connectivity index (χ0v) is 16.1. The Hall–Kier alpha value is -2.90. The maximum atomic E-state index is 12.6. The molecule has 3 rings (SSSR count). The number of carbonyl (C=O) groups is 4. The van der Waals surface area contributed by atoms with Gasteiger partial charge in [0, 0.05) is 13.6 Å². The first-order chi connectivity index (χ1) is 13.3. The smallest absolute Gasteiger partial charge is 0.327 e. The molecule has 1 aromatic carbocycles. The van der Waals surface area contributed by atoms with Crippen LogP contribution in [-0.4, -0.2) is 58.8 Å². The Morgan fingerprint density at radius 1 is 1.21 bits per heavy atom. The fourth-order valence-corrected chi connectivity index (χ4v) is 3.80. The molecule has 150 valence electrons. The number of rotatable bonds is 6. The molecule has 1 N–H and O–H groups in total. The van der Waals surface area contributed by atoms with Gasteiger partial charge in [0.25, 0.3) is 11.8 Å². The number of ether oxygens (including phenoxy) is 1. The van der Waals surface area contributed by atoms with E-state index in [9.17, 15) is 19.2 Å². The lowest BCUT2D eigenvalue weighted by atomic mass is 9.98. The van der Waals surface area contributed by atoms with Crippen molar-refractivity contribution in [1.29, 1.82) is 0 Å². The van der Waals surface area contributed by atoms with E-state index >= 15 is 0 Å². The third-order valence-corrected chi connectivity index (χ3v) is 5.29. The first-order valence-corrected chi connectivity index (χ1v) is 9.45. The van der Waals surface area contributed by atoms with Crippen LogP contribution < -0.4 is 5.32 Å². The Morgan fingerprint density at radius 3 is 2.50 bits per heavy atom. The monoisotopic (exact) mass is 387 g/mol. The second kappa shape index (κ2) is 8.00. The van der Waals surface area contributed by atoms with Crippen molar-refractivity contribution in [2.75, 3.05) is 13.6 Å². The van der Waals surface area contributed by atoms with Gasteiger partial charge in [0.15, 0.2) is 6.10 Å². The lowest BCUT2D eigenvalue weighted by Gasteiger charge is -2.22. The summed E-state index contributed by atoms with van der Waals surface area (Å²) in [7, 11) is 1.63. The molecule has 28 heavy (non-hydrogen) atoms. The quantitative estimate of drug-likeness (QED) is 0.589. The number of nitrogens with one attached hydrogen (secondary N) is 1. The van der Waals surface area contributed by atoms with Gasteiger partial charge in [0.1, 0.15) is 12.1 Å². The van der Waals surface area contributed by atoms with Gasteiger partial charge in [0.05, 0.1) is 0 Å². The second-order valence-corrected chi connectivity index (χ2v) is 7.42. The van der Waals surface area contributed by atoms with E-state index in [4.69, 9.17) is 4.74 Å². The van der Waals surface area contributed by atoms with Gasteiger partial charge in [-0.15, -0.1) is 0 Å². The van der Waals surface area contributed by atoms with Crippen LogP contribution in [0.15, 0.2) is 30.3 Å². The number of hydrogen-bond donors (Lipinski definition) is 1. The molecule has 1 aliphatic carbocycles. The zero-order valence-electron chi connectivity index (χ0n) is 16.1. The molecule has 0 aromatic heterocycles. The number of likely N-dealkylation sites (N-methyl/N-ethyl adjacent to an activating group) is 1. The minimum Gasteiger partial charge on any atom is -0.451 e. The van der Waals surface area contributed by atoms with E-state index in [0.717, 1.165) is 23.3 Å². The predicted octanol–water partition coefficient (Wildman–Crippen LogP) is 1.44. The molecule has 0 bridgehead atoms. The van der Waals surface area contributed by atoms with Gasteiger partial charge in [-0.3, -0.25) is 19.3 Å². The standard InChI is InChI=1S/C20H25N3O5/c1-14(17(25)22(2)12-15-8-4-3-5-9-15)28-16(24)13-23-18(26)20(21-19(23)27)10-6-7-11-20/h3-5,8-9,14H,6-7,10-13H2,1-2H3,(H,21,27)/t14-/m1/s1. The summed E-state index contributed by atoms with van der Waals surface area (Å²) in [5.74, 6) is -1.53. The molecule has 8 nitrogen and oxygen atoms in total. The van der Waals surface area contributed by atoms with Crippen molar-refractivity contribution >= 4 is 23.8 Å². The average molecular weight is 387 g/mol. The van der Waals surface area contributed by atoms with Crippen LogP contribution in [0.25, 0.3) is 0 Å². The Kier molecular flexibility index (Phi) is 5.67. The summed E-state index contributed by atoms with van der Waals surface area (Å²) in [6.07, 6.45) is 1.89. The van der Waals surface area contributed by atoms with E-state index in [-0.39, 0.29) is 11.8 Å². The topological polar surface area (TPSA) is 96.0 Å². The fraction of sp³-hybridized carbons (Fsp3) is 0.500. The van der Waals surface area contributed by atoms with Crippen molar-refractivity contribution in [1.82, 2.24) is 15.1 Å². The number of imide groups is 1. The molecule has 8 heteroatoms. The fourth-order valence-electron chi connectivity index (χ4n) is 3.80. The van der Waals surface area contributed by atoms with Gasteiger partial charge in [-0.05, 0) is 25.3 Å². The molecule has 0 radical (unpaired) electrons. The molecule has 4 amide bonds. The summed E-state index contributed by atoms with van der Waals surface area (Å²) in [5.41, 5.74) is 0.0902. The molecule has 1 heterocycles. The highest BCUT2D eigenvalue weighted by atomic mass is 16.5. The number of carbonyl (C=O) groups excluding carboxylic acids is 4. The molecule has 1 aromatic rings. The summed E-state index contributed by atoms with van der Waals surface area (Å²) in [6, 6.07) is 8.87. The van der Waals surface area contributed by atoms with Gasteiger partial charge >= 0.3 is 12.0 Å². The molecular formula is C20H25N3O5. The lowest BCUT2D eigenvalue weighted by Crippen LogP contribution is -2.45. The minimum atomic E-state index is -1.01. The van der Waals surface area contributed by atoms with Crippen molar-refractivity contribution < 1.29 is 23.9 Å². The molecule has 0 unspecified atom stereocenters. The number of nitrogens with zero attached hydrogens (tertiary/aromatic N) is 2. The Morgan fingerprint density at radius 2 is 1.86 bits per heavy atom. The van der Waals surface area contributed by atoms with Crippen LogP contribution in [0.4, 0.5) is 4.79 Å². The Balaban J connectivity index is 1.53. The number of benzene rings is 1. The van der Waals surface area contributed by atoms with Crippen LogP contribution in [-0.2, 0) is 25.7 Å². The van der Waals surface area contributed by atoms with E-state index in [0.29, 0.717) is 19.4 Å². The molecule has 2 fully saturated rings. The van der Waals surface area contributed by atoms with Crippen LogP contribution in [0, 0.1) is 0 Å². The summed E-state index contributed by atoms with van der Waals surface area (Å²) in [5, 5.41) is 2.71. The van der Waals surface area contributed by atoms with E-state index < -0.39 is 30.2 Å². The highest BCUT2D eigenvalue weighted by Gasteiger charge is 2.52. The third-order valence-electron chi connectivity index (χ3n) is 5.29. The van der Waals surface area contributed by atoms with Crippen LogP contribution in [0.3, 0.4) is 0 Å². The number of hydrogen-bond acceptors (Lipinski definition) is 5. The van der Waals surface area contributed by atoms with E-state index in [1.807, 2.05) is 30.3 Å². The van der Waals surface area contributed by atoms with Crippen molar-refractivity contribution in [3.8, 4) is 0 Å². The second-order valence-electron chi connectivity index (χ2n) is 7.42. The SMILES string of the molecule is C[C@@H](OC(=O)CN1C(=O)NC2(CCCC2)C1=O)C(=O)N(C)Cc1ccccc1. The Bertz CT molecular complexity index is 773. The Labute approximate surface area is 163 Å². The molecule has 1 atom stereocenters. The highest BCUT2D eigenvalue weighted by molar-refractivity contribution is 6.08. The summed E-state index contributed by atoms with van der Waals surface area (Å²) < 4.78 is 5.18. The van der Waals surface area contributed by atoms with E-state index in [1.54, 1.807) is 7.05 Å². The number of amides is 4. The van der Waals surface area contributed by atoms with E-state index in [2.05, 4.69) is 5.32 Å². The van der Waals surface area contributed by atoms with Crippen molar-refractivity contribution in [2.24, 2.45) is 0 Å². The van der Waals surface area contributed by atoms with E-state index in [1.165, 1.54) is 11.8 Å². The molecule has 1 aliphatic heterocycles. The summed E-state index contributed by atoms with van der Waals surface area (Å²) in [6.45, 7) is 1.37. The molecular weight excluding hydrogens is 362 g/mol. The molecule has 2 aliphatic rings. The normalized spacial score (nSPS) is 18.9. The first-order valence-electron chi connectivity index (χ1n) is 9.45. The predicted molar refractivity (Wildman–Crippen MR) is 99.9 cm³/mol. The van der Waals surface area contributed by atoms with Crippen molar-refractivity contribution in [3.05, 3.63) is 35.9 Å². The average Bonchev–Trinajstić information content (AvgIpc) is 3.22. The molecule has 1 saturated carbocycles. The van der Waals surface area contributed by atoms with Crippen LogP contribution in [0.5, 0.6) is 0 Å². The molecule has 1 saturated heterocycles.